The zero-order chi connectivity index (χ0) is 17.3. The number of aryl methyl sites for hydroxylation is 2. The van der Waals surface area contributed by atoms with E-state index in [4.69, 9.17) is 16.1 Å². The molecule has 0 unspecified atom stereocenters. The molecule has 3 aromatic rings. The Labute approximate surface area is 144 Å². The van der Waals surface area contributed by atoms with Gasteiger partial charge in [-0.3, -0.25) is 4.72 Å². The van der Waals surface area contributed by atoms with Crippen LogP contribution in [0.25, 0.3) is 11.4 Å². The van der Waals surface area contributed by atoms with Crippen LogP contribution in [0.4, 0.5) is 5.69 Å². The number of aromatic nitrogens is 2. The number of benzene rings is 2. The van der Waals surface area contributed by atoms with Crippen LogP contribution in [-0.2, 0) is 10.0 Å². The van der Waals surface area contributed by atoms with E-state index >= 15 is 0 Å². The van der Waals surface area contributed by atoms with E-state index in [0.29, 0.717) is 28.0 Å². The van der Waals surface area contributed by atoms with Crippen molar-refractivity contribution in [2.24, 2.45) is 0 Å². The Morgan fingerprint density at radius 3 is 2.58 bits per heavy atom. The third kappa shape index (κ3) is 3.42. The fraction of sp³-hybridized carbons (Fsp3) is 0.125. The molecular formula is C16H14ClN3O3S. The topological polar surface area (TPSA) is 85.1 Å². The van der Waals surface area contributed by atoms with Crippen LogP contribution in [0.15, 0.2) is 51.9 Å². The van der Waals surface area contributed by atoms with Gasteiger partial charge in [-0.1, -0.05) is 35.0 Å². The molecule has 0 amide bonds. The van der Waals surface area contributed by atoms with Gasteiger partial charge in [0, 0.05) is 12.5 Å². The van der Waals surface area contributed by atoms with Gasteiger partial charge in [-0.2, -0.15) is 4.98 Å². The summed E-state index contributed by atoms with van der Waals surface area (Å²) in [7, 11) is -3.79. The molecule has 0 aliphatic carbocycles. The molecule has 0 radical (unpaired) electrons. The molecule has 24 heavy (non-hydrogen) atoms. The maximum Gasteiger partial charge on any atom is 0.261 e. The highest BCUT2D eigenvalue weighted by Gasteiger charge is 2.17. The maximum atomic E-state index is 12.6. The van der Waals surface area contributed by atoms with Crippen molar-refractivity contribution in [3.8, 4) is 11.4 Å². The summed E-state index contributed by atoms with van der Waals surface area (Å²) in [5.74, 6) is 0.737. The average Bonchev–Trinajstić information content (AvgIpc) is 2.97. The first-order valence-corrected chi connectivity index (χ1v) is 8.91. The lowest BCUT2D eigenvalue weighted by Crippen LogP contribution is -2.13. The Balaban J connectivity index is 1.95. The van der Waals surface area contributed by atoms with Gasteiger partial charge in [-0.25, -0.2) is 8.42 Å². The molecule has 124 valence electrons. The van der Waals surface area contributed by atoms with E-state index in [1.165, 1.54) is 12.1 Å². The summed E-state index contributed by atoms with van der Waals surface area (Å²) in [5.41, 5.74) is 1.81. The van der Waals surface area contributed by atoms with Crippen molar-refractivity contribution in [2.45, 2.75) is 18.7 Å². The lowest BCUT2D eigenvalue weighted by atomic mass is 10.2. The molecule has 2 aromatic carbocycles. The third-order valence-electron chi connectivity index (χ3n) is 3.30. The van der Waals surface area contributed by atoms with Crippen molar-refractivity contribution in [1.82, 2.24) is 10.1 Å². The standard InChI is InChI=1S/C16H14ClN3O3S/c1-10-6-7-15(14(17)8-10)20-24(21,22)13-5-3-4-12(9-13)16-18-11(2)23-19-16/h3-9,20H,1-2H3. The van der Waals surface area contributed by atoms with Crippen LogP contribution in [0, 0.1) is 13.8 Å². The predicted molar refractivity (Wildman–Crippen MR) is 91.5 cm³/mol. The van der Waals surface area contributed by atoms with Crippen molar-refractivity contribution >= 4 is 27.3 Å². The fourth-order valence-electron chi connectivity index (χ4n) is 2.13. The van der Waals surface area contributed by atoms with Crippen molar-refractivity contribution < 1.29 is 12.9 Å². The molecule has 0 spiro atoms. The molecule has 0 saturated carbocycles. The molecule has 6 nitrogen and oxygen atoms in total. The smallest absolute Gasteiger partial charge is 0.261 e. The zero-order valence-electron chi connectivity index (χ0n) is 12.9. The quantitative estimate of drug-likeness (QED) is 0.761. The Morgan fingerprint density at radius 1 is 1.12 bits per heavy atom. The first-order valence-electron chi connectivity index (χ1n) is 7.05. The summed E-state index contributed by atoms with van der Waals surface area (Å²) in [6.45, 7) is 3.54. The van der Waals surface area contributed by atoms with E-state index in [2.05, 4.69) is 14.9 Å². The summed E-state index contributed by atoms with van der Waals surface area (Å²) < 4.78 is 32.6. The minimum absolute atomic E-state index is 0.0825. The largest absolute Gasteiger partial charge is 0.339 e. The number of nitrogens with one attached hydrogen (secondary N) is 1. The van der Waals surface area contributed by atoms with Crippen LogP contribution >= 0.6 is 11.6 Å². The molecule has 0 aliphatic rings. The molecule has 0 aliphatic heterocycles. The highest BCUT2D eigenvalue weighted by atomic mass is 35.5. The number of rotatable bonds is 4. The number of hydrogen-bond donors (Lipinski definition) is 1. The summed E-state index contributed by atoms with van der Waals surface area (Å²) >= 11 is 6.09. The highest BCUT2D eigenvalue weighted by molar-refractivity contribution is 7.92. The lowest BCUT2D eigenvalue weighted by Gasteiger charge is -2.10. The van der Waals surface area contributed by atoms with Gasteiger partial charge in [0.05, 0.1) is 15.6 Å². The Kier molecular flexibility index (Phi) is 4.29. The second-order valence-electron chi connectivity index (χ2n) is 5.25. The second kappa shape index (κ2) is 6.26. The van der Waals surface area contributed by atoms with Gasteiger partial charge in [-0.05, 0) is 36.8 Å². The first kappa shape index (κ1) is 16.5. The van der Waals surface area contributed by atoms with Gasteiger partial charge < -0.3 is 4.52 Å². The molecule has 0 bridgehead atoms. The molecule has 0 atom stereocenters. The highest BCUT2D eigenvalue weighted by Crippen LogP contribution is 2.27. The molecule has 0 fully saturated rings. The first-order chi connectivity index (χ1) is 11.3. The number of sulfonamides is 1. The fourth-order valence-corrected chi connectivity index (χ4v) is 3.59. The van der Waals surface area contributed by atoms with Crippen LogP contribution < -0.4 is 4.72 Å². The number of nitrogens with zero attached hydrogens (tertiary/aromatic N) is 2. The van der Waals surface area contributed by atoms with Gasteiger partial charge >= 0.3 is 0 Å². The minimum atomic E-state index is -3.79. The third-order valence-corrected chi connectivity index (χ3v) is 4.97. The van der Waals surface area contributed by atoms with Crippen molar-refractivity contribution in [3.63, 3.8) is 0 Å². The van der Waals surface area contributed by atoms with Crippen LogP contribution in [-0.4, -0.2) is 18.6 Å². The molecule has 1 heterocycles. The van der Waals surface area contributed by atoms with E-state index in [1.807, 2.05) is 6.92 Å². The molecule has 3 rings (SSSR count). The molecule has 8 heteroatoms. The SMILES string of the molecule is Cc1ccc(NS(=O)(=O)c2cccc(-c3noc(C)n3)c2)c(Cl)c1. The van der Waals surface area contributed by atoms with E-state index in [1.54, 1.807) is 37.3 Å². The number of hydrogen-bond acceptors (Lipinski definition) is 5. The molecular weight excluding hydrogens is 350 g/mol. The van der Waals surface area contributed by atoms with Gasteiger partial charge in [0.2, 0.25) is 11.7 Å². The Morgan fingerprint density at radius 2 is 1.92 bits per heavy atom. The molecule has 1 aromatic heterocycles. The van der Waals surface area contributed by atoms with E-state index in [9.17, 15) is 8.42 Å². The van der Waals surface area contributed by atoms with Crippen LogP contribution in [0.2, 0.25) is 5.02 Å². The summed E-state index contributed by atoms with van der Waals surface area (Å²) in [4.78, 5) is 4.18. The number of anilines is 1. The van der Waals surface area contributed by atoms with E-state index in [0.717, 1.165) is 5.56 Å². The van der Waals surface area contributed by atoms with Crippen molar-refractivity contribution in [2.75, 3.05) is 4.72 Å². The molecule has 0 saturated heterocycles. The Bertz CT molecular complexity index is 999. The van der Waals surface area contributed by atoms with Gasteiger partial charge in [0.1, 0.15) is 0 Å². The zero-order valence-corrected chi connectivity index (χ0v) is 14.5. The lowest BCUT2D eigenvalue weighted by molar-refractivity contribution is 0.394. The second-order valence-corrected chi connectivity index (χ2v) is 7.34. The monoisotopic (exact) mass is 363 g/mol. The number of halogens is 1. The average molecular weight is 364 g/mol. The predicted octanol–water partition coefficient (Wildman–Crippen LogP) is 3.81. The van der Waals surface area contributed by atoms with Gasteiger partial charge in [0.15, 0.2) is 0 Å². The summed E-state index contributed by atoms with van der Waals surface area (Å²) in [6, 6.07) is 11.4. The molecule has 1 N–H and O–H groups in total. The normalized spacial score (nSPS) is 11.5. The van der Waals surface area contributed by atoms with Crippen molar-refractivity contribution in [3.05, 3.63) is 58.9 Å². The van der Waals surface area contributed by atoms with Crippen LogP contribution in [0.1, 0.15) is 11.5 Å². The van der Waals surface area contributed by atoms with Crippen LogP contribution in [0.3, 0.4) is 0 Å². The minimum Gasteiger partial charge on any atom is -0.339 e. The Hall–Kier alpha value is -2.38. The summed E-state index contributed by atoms with van der Waals surface area (Å²) in [5, 5.41) is 4.13. The van der Waals surface area contributed by atoms with Gasteiger partial charge in [0.25, 0.3) is 10.0 Å². The van der Waals surface area contributed by atoms with Gasteiger partial charge in [-0.15, -0.1) is 0 Å². The summed E-state index contributed by atoms with van der Waals surface area (Å²) in [6.07, 6.45) is 0. The van der Waals surface area contributed by atoms with E-state index < -0.39 is 10.0 Å². The van der Waals surface area contributed by atoms with E-state index in [-0.39, 0.29) is 4.90 Å². The van der Waals surface area contributed by atoms with Crippen LogP contribution in [0.5, 0.6) is 0 Å². The van der Waals surface area contributed by atoms with Crippen molar-refractivity contribution in [1.29, 1.82) is 0 Å². The maximum absolute atomic E-state index is 12.6.